The van der Waals surface area contributed by atoms with E-state index in [-0.39, 0.29) is 22.6 Å². The van der Waals surface area contributed by atoms with E-state index in [0.717, 1.165) is 12.8 Å². The highest BCUT2D eigenvalue weighted by Gasteiger charge is 2.30. The molecule has 2 aromatic rings. The van der Waals surface area contributed by atoms with E-state index in [1.807, 2.05) is 0 Å². The maximum atomic E-state index is 12.7. The van der Waals surface area contributed by atoms with Gasteiger partial charge in [-0.1, -0.05) is 12.1 Å². The van der Waals surface area contributed by atoms with Crippen LogP contribution in [-0.2, 0) is 0 Å². The standard InChI is InChI=1S/C20H24F3N3O2S/c1-19(2,28)12-13-6-8-26(9-7-13)18(27)17-11-16(24-25-17)14-4-3-5-15(10-14)29-20(21,22)23/h3-5,10-11,13,28H,6-9,12H2,1-2H3,(H,24,25). The van der Waals surface area contributed by atoms with Crippen molar-refractivity contribution < 1.29 is 23.1 Å². The van der Waals surface area contributed by atoms with E-state index in [1.165, 1.54) is 18.2 Å². The Hall–Kier alpha value is -2.00. The van der Waals surface area contributed by atoms with Gasteiger partial charge in [-0.05, 0) is 69.0 Å². The number of hydrogen-bond acceptors (Lipinski definition) is 4. The highest BCUT2D eigenvalue weighted by Crippen LogP contribution is 2.38. The van der Waals surface area contributed by atoms with Crippen LogP contribution in [0.25, 0.3) is 11.3 Å². The number of carbonyl (C=O) groups is 1. The van der Waals surface area contributed by atoms with Crippen LogP contribution < -0.4 is 0 Å². The number of piperidine rings is 1. The molecule has 0 spiro atoms. The topological polar surface area (TPSA) is 69.2 Å². The van der Waals surface area contributed by atoms with Crippen LogP contribution in [0, 0.1) is 5.92 Å². The van der Waals surface area contributed by atoms with Crippen LogP contribution in [-0.4, -0.2) is 50.3 Å². The molecule has 0 atom stereocenters. The number of alkyl halides is 3. The molecule has 0 unspecified atom stereocenters. The van der Waals surface area contributed by atoms with Gasteiger partial charge in [0.25, 0.3) is 5.91 Å². The number of aromatic nitrogens is 2. The summed E-state index contributed by atoms with van der Waals surface area (Å²) in [6.07, 6.45) is 2.36. The van der Waals surface area contributed by atoms with Gasteiger partial charge in [0.05, 0.1) is 11.3 Å². The Labute approximate surface area is 171 Å². The molecule has 1 aromatic carbocycles. The van der Waals surface area contributed by atoms with Gasteiger partial charge in [-0.25, -0.2) is 0 Å². The zero-order valence-corrected chi connectivity index (χ0v) is 17.1. The molecule has 5 nitrogen and oxygen atoms in total. The third-order valence-electron chi connectivity index (χ3n) is 4.86. The molecule has 29 heavy (non-hydrogen) atoms. The summed E-state index contributed by atoms with van der Waals surface area (Å²) < 4.78 is 37.8. The Morgan fingerprint density at radius 1 is 1.28 bits per heavy atom. The quantitative estimate of drug-likeness (QED) is 0.679. The average molecular weight is 427 g/mol. The zero-order chi connectivity index (χ0) is 21.2. The highest BCUT2D eigenvalue weighted by molar-refractivity contribution is 8.00. The van der Waals surface area contributed by atoms with Gasteiger partial charge in [0, 0.05) is 23.5 Å². The van der Waals surface area contributed by atoms with Gasteiger partial charge >= 0.3 is 5.51 Å². The molecule has 1 fully saturated rings. The van der Waals surface area contributed by atoms with Crippen LogP contribution in [0.3, 0.4) is 0 Å². The summed E-state index contributed by atoms with van der Waals surface area (Å²) in [7, 11) is 0. The monoisotopic (exact) mass is 427 g/mol. The van der Waals surface area contributed by atoms with Gasteiger partial charge in [-0.2, -0.15) is 18.3 Å². The van der Waals surface area contributed by atoms with Gasteiger partial charge in [-0.3, -0.25) is 9.89 Å². The van der Waals surface area contributed by atoms with Crippen molar-refractivity contribution in [3.05, 3.63) is 36.0 Å². The second-order valence-corrected chi connectivity index (χ2v) is 9.13. The fourth-order valence-corrected chi connectivity index (χ4v) is 4.25. The lowest BCUT2D eigenvalue weighted by molar-refractivity contribution is -0.0328. The highest BCUT2D eigenvalue weighted by atomic mass is 32.2. The SMILES string of the molecule is CC(C)(O)CC1CCN(C(=O)c2cc(-c3cccc(SC(F)(F)F)c3)n[nH]2)CC1. The number of H-pyrrole nitrogens is 1. The minimum atomic E-state index is -4.36. The van der Waals surface area contributed by atoms with Crippen LogP contribution in [0.15, 0.2) is 35.2 Å². The van der Waals surface area contributed by atoms with Crippen molar-refractivity contribution in [2.45, 2.75) is 49.1 Å². The first-order valence-corrected chi connectivity index (χ1v) is 10.2. The molecule has 1 saturated heterocycles. The largest absolute Gasteiger partial charge is 0.446 e. The molecule has 1 aliphatic heterocycles. The van der Waals surface area contributed by atoms with Crippen LogP contribution in [0.2, 0.25) is 0 Å². The normalized spacial score (nSPS) is 16.3. The maximum Gasteiger partial charge on any atom is 0.446 e. The number of amides is 1. The number of aromatic amines is 1. The third-order valence-corrected chi connectivity index (χ3v) is 5.58. The van der Waals surface area contributed by atoms with Crippen LogP contribution in [0.4, 0.5) is 13.2 Å². The van der Waals surface area contributed by atoms with Gasteiger partial charge in [0.1, 0.15) is 5.69 Å². The summed E-state index contributed by atoms with van der Waals surface area (Å²) in [6, 6.07) is 7.56. The van der Waals surface area contributed by atoms with Crippen molar-refractivity contribution in [3.63, 3.8) is 0 Å². The van der Waals surface area contributed by atoms with Gasteiger partial charge in [0.2, 0.25) is 0 Å². The van der Waals surface area contributed by atoms with E-state index in [4.69, 9.17) is 0 Å². The number of halogens is 3. The van der Waals surface area contributed by atoms with E-state index in [2.05, 4.69) is 10.2 Å². The van der Waals surface area contributed by atoms with E-state index < -0.39 is 11.1 Å². The predicted molar refractivity (Wildman–Crippen MR) is 105 cm³/mol. The lowest BCUT2D eigenvalue weighted by atomic mass is 9.86. The van der Waals surface area contributed by atoms with E-state index in [9.17, 15) is 23.1 Å². The Morgan fingerprint density at radius 2 is 1.97 bits per heavy atom. The smallest absolute Gasteiger partial charge is 0.390 e. The summed E-state index contributed by atoms with van der Waals surface area (Å²) in [4.78, 5) is 14.6. The van der Waals surface area contributed by atoms with E-state index in [1.54, 1.807) is 30.9 Å². The number of hydrogen-bond donors (Lipinski definition) is 2. The summed E-state index contributed by atoms with van der Waals surface area (Å²) in [6.45, 7) is 4.79. The fraction of sp³-hybridized carbons (Fsp3) is 0.500. The second-order valence-electron chi connectivity index (χ2n) is 7.99. The lowest BCUT2D eigenvalue weighted by Crippen LogP contribution is -2.40. The van der Waals surface area contributed by atoms with Gasteiger partial charge in [0.15, 0.2) is 0 Å². The molecule has 3 rings (SSSR count). The second kappa shape index (κ2) is 8.39. The van der Waals surface area contributed by atoms with Crippen LogP contribution in [0.1, 0.15) is 43.6 Å². The Kier molecular flexibility index (Phi) is 6.28. The third kappa shape index (κ3) is 6.24. The number of likely N-dealkylation sites (tertiary alicyclic amines) is 1. The van der Waals surface area contributed by atoms with Crippen molar-refractivity contribution in [2.75, 3.05) is 13.1 Å². The molecule has 1 amide bonds. The lowest BCUT2D eigenvalue weighted by Gasteiger charge is -2.34. The first-order valence-electron chi connectivity index (χ1n) is 9.43. The number of rotatable bonds is 5. The molecule has 158 valence electrons. The predicted octanol–water partition coefficient (Wildman–Crippen LogP) is 4.70. The Morgan fingerprint density at radius 3 is 2.59 bits per heavy atom. The van der Waals surface area contributed by atoms with E-state index in [0.29, 0.717) is 42.4 Å². The molecule has 0 aliphatic carbocycles. The number of thioether (sulfide) groups is 1. The number of aliphatic hydroxyl groups is 1. The fourth-order valence-electron chi connectivity index (χ4n) is 3.65. The van der Waals surface area contributed by atoms with Gasteiger partial charge < -0.3 is 10.0 Å². The van der Waals surface area contributed by atoms with Crippen LogP contribution in [0.5, 0.6) is 0 Å². The summed E-state index contributed by atoms with van der Waals surface area (Å²) in [5.41, 5.74) is -3.82. The Bertz CT molecular complexity index is 853. The summed E-state index contributed by atoms with van der Waals surface area (Å²) in [5.74, 6) is 0.205. The van der Waals surface area contributed by atoms with Crippen molar-refractivity contribution in [1.29, 1.82) is 0 Å². The molecule has 1 aromatic heterocycles. The summed E-state index contributed by atoms with van der Waals surface area (Å²) >= 11 is -0.182. The molecule has 9 heteroatoms. The molecule has 0 saturated carbocycles. The summed E-state index contributed by atoms with van der Waals surface area (Å²) in [5, 5.41) is 16.8. The molecule has 2 heterocycles. The number of nitrogens with one attached hydrogen (secondary N) is 1. The molecular weight excluding hydrogens is 403 g/mol. The molecule has 2 N–H and O–H groups in total. The number of nitrogens with zero attached hydrogens (tertiary/aromatic N) is 2. The molecule has 0 bridgehead atoms. The van der Waals surface area contributed by atoms with Crippen molar-refractivity contribution >= 4 is 17.7 Å². The number of benzene rings is 1. The van der Waals surface area contributed by atoms with Crippen molar-refractivity contribution in [1.82, 2.24) is 15.1 Å². The zero-order valence-electron chi connectivity index (χ0n) is 16.3. The molecule has 0 radical (unpaired) electrons. The van der Waals surface area contributed by atoms with Crippen LogP contribution >= 0.6 is 11.8 Å². The minimum absolute atomic E-state index is 0.0692. The maximum absolute atomic E-state index is 12.7. The first kappa shape index (κ1) is 21.7. The molecule has 1 aliphatic rings. The van der Waals surface area contributed by atoms with E-state index >= 15 is 0 Å². The minimum Gasteiger partial charge on any atom is -0.390 e. The van der Waals surface area contributed by atoms with Gasteiger partial charge in [-0.15, -0.1) is 0 Å². The van der Waals surface area contributed by atoms with Crippen molar-refractivity contribution in [2.24, 2.45) is 5.92 Å². The number of carbonyl (C=O) groups excluding carboxylic acids is 1. The van der Waals surface area contributed by atoms with Crippen molar-refractivity contribution in [3.8, 4) is 11.3 Å². The average Bonchev–Trinajstić information content (AvgIpc) is 3.09. The first-order chi connectivity index (χ1) is 13.5. The Balaban J connectivity index is 1.65. The molecular formula is C20H24F3N3O2S.